The Kier molecular flexibility index (Phi) is 3.00. The Labute approximate surface area is 90.1 Å². The van der Waals surface area contributed by atoms with E-state index in [2.05, 4.69) is 0 Å². The fourth-order valence-corrected chi connectivity index (χ4v) is 1.23. The molecule has 0 aliphatic carbocycles. The lowest BCUT2D eigenvalue weighted by Gasteiger charge is -2.21. The van der Waals surface area contributed by atoms with Gasteiger partial charge in [0.05, 0.1) is 5.56 Å². The largest absolute Gasteiger partial charge is 0.419 e. The number of halogens is 5. The molecule has 0 heterocycles. The van der Waals surface area contributed by atoms with E-state index in [-0.39, 0.29) is 5.56 Å². The molecule has 5 heteroatoms. The van der Waals surface area contributed by atoms with Crippen molar-refractivity contribution in [3.63, 3.8) is 0 Å². The zero-order valence-corrected chi connectivity index (χ0v) is 9.04. The van der Waals surface area contributed by atoms with Crippen LogP contribution in [0.3, 0.4) is 0 Å². The van der Waals surface area contributed by atoms with E-state index in [1.54, 1.807) is 20.8 Å². The summed E-state index contributed by atoms with van der Waals surface area (Å²) in [7, 11) is 0. The summed E-state index contributed by atoms with van der Waals surface area (Å²) in [6.07, 6.45) is -4.88. The molecule has 1 aromatic carbocycles. The topological polar surface area (TPSA) is 0 Å². The van der Waals surface area contributed by atoms with Crippen molar-refractivity contribution in [2.75, 3.05) is 0 Å². The second-order valence-corrected chi connectivity index (χ2v) is 4.57. The standard InChI is InChI=1S/C11H11F5/c1-10(2,3)6-4-7(11(14,15)16)9(13)8(12)5-6/h4-5H,1-3H3. The van der Waals surface area contributed by atoms with Gasteiger partial charge < -0.3 is 0 Å². The van der Waals surface area contributed by atoms with Gasteiger partial charge >= 0.3 is 6.18 Å². The van der Waals surface area contributed by atoms with E-state index in [1.807, 2.05) is 0 Å². The first-order chi connectivity index (χ1) is 7.03. The average molecular weight is 238 g/mol. The Hall–Kier alpha value is -1.13. The summed E-state index contributed by atoms with van der Waals surface area (Å²) in [5.41, 5.74) is -2.12. The first-order valence-corrected chi connectivity index (χ1v) is 4.60. The summed E-state index contributed by atoms with van der Waals surface area (Å²) < 4.78 is 63.2. The lowest BCUT2D eigenvalue weighted by Crippen LogP contribution is -2.16. The summed E-state index contributed by atoms with van der Waals surface area (Å²) in [6, 6.07) is 1.45. The summed E-state index contributed by atoms with van der Waals surface area (Å²) in [5.74, 6) is -3.32. The molecule has 90 valence electrons. The summed E-state index contributed by atoms with van der Waals surface area (Å²) >= 11 is 0. The molecule has 0 aliphatic heterocycles. The number of hydrogen-bond donors (Lipinski definition) is 0. The number of alkyl halides is 3. The maximum atomic E-state index is 13.0. The quantitative estimate of drug-likeness (QED) is 0.592. The molecule has 0 amide bonds. The maximum Gasteiger partial charge on any atom is 0.419 e. The molecule has 0 saturated carbocycles. The van der Waals surface area contributed by atoms with Gasteiger partial charge in [0.15, 0.2) is 11.6 Å². The molecule has 1 rings (SSSR count). The molecule has 0 aliphatic rings. The van der Waals surface area contributed by atoms with Gasteiger partial charge in [-0.15, -0.1) is 0 Å². The third-order valence-corrected chi connectivity index (χ3v) is 2.20. The third-order valence-electron chi connectivity index (χ3n) is 2.20. The molecule has 0 atom stereocenters. The van der Waals surface area contributed by atoms with Crippen LogP contribution in [0.4, 0.5) is 22.0 Å². The zero-order valence-electron chi connectivity index (χ0n) is 9.04. The van der Waals surface area contributed by atoms with Gasteiger partial charge in [-0.1, -0.05) is 20.8 Å². The van der Waals surface area contributed by atoms with Crippen molar-refractivity contribution < 1.29 is 22.0 Å². The monoisotopic (exact) mass is 238 g/mol. The molecule has 0 saturated heterocycles. The van der Waals surface area contributed by atoms with Crippen molar-refractivity contribution in [2.24, 2.45) is 0 Å². The predicted molar refractivity (Wildman–Crippen MR) is 50.1 cm³/mol. The average Bonchev–Trinajstić information content (AvgIpc) is 2.05. The van der Waals surface area contributed by atoms with Crippen LogP contribution < -0.4 is 0 Å². The summed E-state index contributed by atoms with van der Waals surface area (Å²) in [6.45, 7) is 4.87. The molecule has 0 bridgehead atoms. The van der Waals surface area contributed by atoms with Crippen molar-refractivity contribution in [3.8, 4) is 0 Å². The second kappa shape index (κ2) is 3.71. The van der Waals surface area contributed by atoms with Crippen LogP contribution in [0.5, 0.6) is 0 Å². The second-order valence-electron chi connectivity index (χ2n) is 4.57. The van der Waals surface area contributed by atoms with Gasteiger partial charge in [-0.3, -0.25) is 0 Å². The van der Waals surface area contributed by atoms with Gasteiger partial charge in [0.2, 0.25) is 0 Å². The van der Waals surface area contributed by atoms with Crippen molar-refractivity contribution in [3.05, 3.63) is 34.9 Å². The Morgan fingerprint density at radius 1 is 0.938 bits per heavy atom. The molecule has 16 heavy (non-hydrogen) atoms. The van der Waals surface area contributed by atoms with E-state index in [4.69, 9.17) is 0 Å². The molecule has 0 nitrogen and oxygen atoms in total. The van der Waals surface area contributed by atoms with E-state index in [1.165, 1.54) is 0 Å². The van der Waals surface area contributed by atoms with Gasteiger partial charge in [-0.05, 0) is 23.1 Å². The summed E-state index contributed by atoms with van der Waals surface area (Å²) in [5, 5.41) is 0. The zero-order chi connectivity index (χ0) is 12.7. The predicted octanol–water partition coefficient (Wildman–Crippen LogP) is 4.28. The SMILES string of the molecule is CC(C)(C)c1cc(F)c(F)c(C(F)(F)F)c1. The summed E-state index contributed by atoms with van der Waals surface area (Å²) in [4.78, 5) is 0. The van der Waals surface area contributed by atoms with Gasteiger partial charge in [-0.2, -0.15) is 13.2 Å². The maximum absolute atomic E-state index is 13.0. The molecule has 0 radical (unpaired) electrons. The molecule has 0 unspecified atom stereocenters. The van der Waals surface area contributed by atoms with E-state index < -0.39 is 28.8 Å². The van der Waals surface area contributed by atoms with Crippen molar-refractivity contribution in [1.82, 2.24) is 0 Å². The fourth-order valence-electron chi connectivity index (χ4n) is 1.23. The molecule has 1 aromatic rings. The Bertz CT molecular complexity index is 398. The highest BCUT2D eigenvalue weighted by atomic mass is 19.4. The van der Waals surface area contributed by atoms with Gasteiger partial charge in [-0.25, -0.2) is 8.78 Å². The lowest BCUT2D eigenvalue weighted by molar-refractivity contribution is -0.140. The van der Waals surface area contributed by atoms with Crippen molar-refractivity contribution in [2.45, 2.75) is 32.4 Å². The molecular weight excluding hydrogens is 227 g/mol. The van der Waals surface area contributed by atoms with Crippen LogP contribution in [-0.4, -0.2) is 0 Å². The van der Waals surface area contributed by atoms with Crippen LogP contribution in [0, 0.1) is 11.6 Å². The van der Waals surface area contributed by atoms with Crippen LogP contribution in [0.2, 0.25) is 0 Å². The number of hydrogen-bond acceptors (Lipinski definition) is 0. The highest BCUT2D eigenvalue weighted by Crippen LogP contribution is 2.35. The van der Waals surface area contributed by atoms with E-state index in [0.29, 0.717) is 6.07 Å². The van der Waals surface area contributed by atoms with Gasteiger partial charge in [0, 0.05) is 0 Å². The molecule has 0 aromatic heterocycles. The van der Waals surface area contributed by atoms with Crippen LogP contribution >= 0.6 is 0 Å². The smallest absolute Gasteiger partial charge is 0.204 e. The molecule has 0 fully saturated rings. The highest BCUT2D eigenvalue weighted by Gasteiger charge is 2.36. The van der Waals surface area contributed by atoms with E-state index >= 15 is 0 Å². The molecule has 0 spiro atoms. The highest BCUT2D eigenvalue weighted by molar-refractivity contribution is 5.32. The van der Waals surface area contributed by atoms with Crippen LogP contribution in [-0.2, 0) is 11.6 Å². The normalized spacial score (nSPS) is 13.0. The minimum Gasteiger partial charge on any atom is -0.204 e. The van der Waals surface area contributed by atoms with Crippen LogP contribution in [0.15, 0.2) is 12.1 Å². The third kappa shape index (κ3) is 2.51. The Morgan fingerprint density at radius 2 is 1.44 bits per heavy atom. The number of rotatable bonds is 0. The van der Waals surface area contributed by atoms with E-state index in [0.717, 1.165) is 6.07 Å². The number of benzene rings is 1. The first-order valence-electron chi connectivity index (χ1n) is 4.60. The van der Waals surface area contributed by atoms with Crippen molar-refractivity contribution >= 4 is 0 Å². The lowest BCUT2D eigenvalue weighted by atomic mass is 9.86. The Balaban J connectivity index is 3.46. The minimum absolute atomic E-state index is 0.110. The van der Waals surface area contributed by atoms with Crippen LogP contribution in [0.25, 0.3) is 0 Å². The molecule has 0 N–H and O–H groups in total. The molecular formula is C11H11F5. The minimum atomic E-state index is -4.88. The van der Waals surface area contributed by atoms with E-state index in [9.17, 15) is 22.0 Å². The first kappa shape index (κ1) is 12.9. The van der Waals surface area contributed by atoms with Crippen molar-refractivity contribution in [1.29, 1.82) is 0 Å². The van der Waals surface area contributed by atoms with Gasteiger partial charge in [0.1, 0.15) is 0 Å². The van der Waals surface area contributed by atoms with Gasteiger partial charge in [0.25, 0.3) is 0 Å². The fraction of sp³-hybridized carbons (Fsp3) is 0.455. The van der Waals surface area contributed by atoms with Crippen LogP contribution in [0.1, 0.15) is 31.9 Å². The Morgan fingerprint density at radius 3 is 1.81 bits per heavy atom.